The number of sulfonamides is 1. The third kappa shape index (κ3) is 13.4. The molecule has 4 aromatic rings. The molecule has 0 aliphatic rings. The van der Waals surface area contributed by atoms with Gasteiger partial charge in [0.05, 0.1) is 30.2 Å². The zero-order chi connectivity index (χ0) is 37.8. The molecule has 0 aromatic heterocycles. The zero-order valence-corrected chi connectivity index (χ0v) is 32.1. The lowest BCUT2D eigenvalue weighted by molar-refractivity contribution is 0.0343. The van der Waals surface area contributed by atoms with Crippen LogP contribution in [0.5, 0.6) is 5.75 Å². The van der Waals surface area contributed by atoms with Gasteiger partial charge in [-0.2, -0.15) is 0 Å². The summed E-state index contributed by atoms with van der Waals surface area (Å²) in [7, 11) is -2.58. The minimum atomic E-state index is -4.10. The number of amides is 1. The van der Waals surface area contributed by atoms with Gasteiger partial charge in [-0.05, 0) is 92.9 Å². The lowest BCUT2D eigenvalue weighted by Gasteiger charge is -2.37. The molecular weight excluding hydrogens is 675 g/mol. The third-order valence-electron chi connectivity index (χ3n) is 8.88. The molecule has 0 spiro atoms. The quantitative estimate of drug-likeness (QED) is 0.0981. The van der Waals surface area contributed by atoms with Crippen molar-refractivity contribution in [2.24, 2.45) is 5.41 Å². The molecule has 0 aliphatic heterocycles. The highest BCUT2D eigenvalue weighted by molar-refractivity contribution is 7.89. The number of rotatable bonds is 18. The van der Waals surface area contributed by atoms with Gasteiger partial charge in [-0.3, -0.25) is 4.90 Å². The fourth-order valence-corrected chi connectivity index (χ4v) is 7.43. The Labute approximate surface area is 310 Å². The number of aliphatic hydroxyl groups is 1. The fraction of sp³-hybridized carbons (Fsp3) is 0.405. The van der Waals surface area contributed by atoms with Gasteiger partial charge in [0.2, 0.25) is 10.0 Å². The molecule has 9 nitrogen and oxygen atoms in total. The van der Waals surface area contributed by atoms with Gasteiger partial charge in [-0.25, -0.2) is 17.9 Å². The van der Waals surface area contributed by atoms with Crippen molar-refractivity contribution >= 4 is 16.1 Å². The van der Waals surface area contributed by atoms with E-state index in [2.05, 4.69) is 53.1 Å². The van der Waals surface area contributed by atoms with Crippen LogP contribution in [-0.4, -0.2) is 62.0 Å². The summed E-state index contributed by atoms with van der Waals surface area (Å²) < 4.78 is 41.5. The Kier molecular flexibility index (Phi) is 14.4. The number of methoxy groups -OCH3 is 1. The molecule has 10 heteroatoms. The van der Waals surface area contributed by atoms with Crippen LogP contribution in [0.25, 0.3) is 0 Å². The average molecular weight is 730 g/mol. The van der Waals surface area contributed by atoms with E-state index in [1.807, 2.05) is 66.7 Å². The molecule has 0 fully saturated rings. The molecule has 0 radical (unpaired) electrons. The SMILES string of the molecule is COc1ccc(S(=O)(=O)NC(CC(C)(C)CCN(Cc2ccccc2)Cc2ccccc2)[C@H](O)[C@H](Cc2ccccc2)NC(=O)OC(C)(C)C)cc1. The molecule has 0 aliphatic carbocycles. The molecular formula is C42H55N3O6S. The molecule has 1 unspecified atom stereocenters. The van der Waals surface area contributed by atoms with Crippen molar-refractivity contribution in [2.45, 2.75) is 95.7 Å². The predicted molar refractivity (Wildman–Crippen MR) is 206 cm³/mol. The lowest BCUT2D eigenvalue weighted by Crippen LogP contribution is -2.56. The third-order valence-corrected chi connectivity index (χ3v) is 10.4. The maximum absolute atomic E-state index is 13.9. The van der Waals surface area contributed by atoms with Gasteiger partial charge in [0, 0.05) is 13.1 Å². The number of ether oxygens (including phenoxy) is 2. The maximum Gasteiger partial charge on any atom is 0.407 e. The van der Waals surface area contributed by atoms with Crippen molar-refractivity contribution in [3.8, 4) is 5.75 Å². The molecule has 4 rings (SSSR count). The standard InChI is InChI=1S/C42H55N3O6S/c1-41(2,3)51-40(47)43-37(28-32-16-10-7-11-17-32)39(46)38(44-52(48,49)36-24-22-35(50-6)23-25-36)29-42(4,5)26-27-45(30-33-18-12-8-13-19-33)31-34-20-14-9-15-21-34/h7-25,37-39,44,46H,26-31H2,1-6H3,(H,43,47)/t37-,38?,39+/m0/s1. The first-order valence-corrected chi connectivity index (χ1v) is 19.3. The second-order valence-corrected chi connectivity index (χ2v) is 16.9. The van der Waals surface area contributed by atoms with Gasteiger partial charge >= 0.3 is 6.09 Å². The van der Waals surface area contributed by atoms with Crippen molar-refractivity contribution in [3.05, 3.63) is 132 Å². The average Bonchev–Trinajstić information content (AvgIpc) is 3.10. The molecule has 52 heavy (non-hydrogen) atoms. The monoisotopic (exact) mass is 729 g/mol. The van der Waals surface area contributed by atoms with Crippen LogP contribution in [-0.2, 0) is 34.3 Å². The maximum atomic E-state index is 13.9. The van der Waals surface area contributed by atoms with Crippen molar-refractivity contribution in [3.63, 3.8) is 0 Å². The van der Waals surface area contributed by atoms with Crippen LogP contribution in [0.2, 0.25) is 0 Å². The number of benzene rings is 4. The lowest BCUT2D eigenvalue weighted by atomic mass is 9.79. The van der Waals surface area contributed by atoms with E-state index < -0.39 is 45.3 Å². The van der Waals surface area contributed by atoms with E-state index in [-0.39, 0.29) is 17.7 Å². The Morgan fingerprint density at radius 1 is 0.750 bits per heavy atom. The van der Waals surface area contributed by atoms with E-state index in [0.29, 0.717) is 12.2 Å². The van der Waals surface area contributed by atoms with Crippen molar-refractivity contribution < 1.29 is 27.8 Å². The Bertz CT molecular complexity index is 1720. The van der Waals surface area contributed by atoms with Gasteiger partial charge in [0.1, 0.15) is 11.4 Å². The Hall–Kier alpha value is -4.22. The van der Waals surface area contributed by atoms with Crippen molar-refractivity contribution in [1.29, 1.82) is 0 Å². The number of carbonyl (C=O) groups is 1. The fourth-order valence-electron chi connectivity index (χ4n) is 6.17. The first kappa shape index (κ1) is 40.5. The van der Waals surface area contributed by atoms with Gasteiger partial charge in [-0.15, -0.1) is 0 Å². The van der Waals surface area contributed by atoms with Crippen LogP contribution >= 0.6 is 0 Å². The number of alkyl carbamates (subject to hydrolysis) is 1. The number of nitrogens with one attached hydrogen (secondary N) is 2. The highest BCUT2D eigenvalue weighted by atomic mass is 32.2. The smallest absolute Gasteiger partial charge is 0.407 e. The second-order valence-electron chi connectivity index (χ2n) is 15.1. The number of nitrogens with zero attached hydrogens (tertiary/aromatic N) is 1. The summed E-state index contributed by atoms with van der Waals surface area (Å²) in [4.78, 5) is 15.5. The first-order chi connectivity index (χ1) is 24.6. The van der Waals surface area contributed by atoms with Crippen LogP contribution in [0.3, 0.4) is 0 Å². The summed E-state index contributed by atoms with van der Waals surface area (Å²) in [5, 5.41) is 15.0. The van der Waals surface area contributed by atoms with E-state index in [0.717, 1.165) is 25.2 Å². The summed E-state index contributed by atoms with van der Waals surface area (Å²) in [6, 6.07) is 34.4. The van der Waals surface area contributed by atoms with E-state index in [1.165, 1.54) is 30.4 Å². The molecule has 0 heterocycles. The van der Waals surface area contributed by atoms with Crippen LogP contribution in [0.4, 0.5) is 4.79 Å². The summed E-state index contributed by atoms with van der Waals surface area (Å²) in [6.07, 6.45) is -0.756. The Balaban J connectivity index is 1.63. The highest BCUT2D eigenvalue weighted by Crippen LogP contribution is 2.31. The van der Waals surface area contributed by atoms with Crippen molar-refractivity contribution in [2.75, 3.05) is 13.7 Å². The van der Waals surface area contributed by atoms with Crippen LogP contribution < -0.4 is 14.8 Å². The van der Waals surface area contributed by atoms with Crippen LogP contribution in [0.1, 0.15) is 64.2 Å². The minimum absolute atomic E-state index is 0.0416. The van der Waals surface area contributed by atoms with E-state index in [4.69, 9.17) is 9.47 Å². The normalized spacial score (nSPS) is 14.0. The number of hydrogen-bond acceptors (Lipinski definition) is 7. The van der Waals surface area contributed by atoms with Gasteiger partial charge in [0.25, 0.3) is 0 Å². The molecule has 0 saturated heterocycles. The molecule has 1 amide bonds. The van der Waals surface area contributed by atoms with E-state index in [9.17, 15) is 18.3 Å². The zero-order valence-electron chi connectivity index (χ0n) is 31.3. The first-order valence-electron chi connectivity index (χ1n) is 17.8. The van der Waals surface area contributed by atoms with Crippen LogP contribution in [0.15, 0.2) is 120 Å². The number of aliphatic hydroxyl groups excluding tert-OH is 1. The Morgan fingerprint density at radius 2 is 1.25 bits per heavy atom. The molecule has 4 aromatic carbocycles. The molecule has 280 valence electrons. The minimum Gasteiger partial charge on any atom is -0.497 e. The number of carbonyl (C=O) groups excluding carboxylic acids is 1. The van der Waals surface area contributed by atoms with Gasteiger partial charge in [-0.1, -0.05) is 105 Å². The summed E-state index contributed by atoms with van der Waals surface area (Å²) in [6.45, 7) is 11.7. The summed E-state index contributed by atoms with van der Waals surface area (Å²) in [5.74, 6) is 0.525. The molecule has 3 N–H and O–H groups in total. The van der Waals surface area contributed by atoms with Crippen molar-refractivity contribution in [1.82, 2.24) is 14.9 Å². The highest BCUT2D eigenvalue weighted by Gasteiger charge is 2.37. The van der Waals surface area contributed by atoms with Gasteiger partial charge in [0.15, 0.2) is 0 Å². The summed E-state index contributed by atoms with van der Waals surface area (Å²) in [5.41, 5.74) is 2.07. The summed E-state index contributed by atoms with van der Waals surface area (Å²) >= 11 is 0. The number of hydrogen-bond donors (Lipinski definition) is 3. The van der Waals surface area contributed by atoms with Gasteiger partial charge < -0.3 is 19.9 Å². The Morgan fingerprint density at radius 3 is 1.73 bits per heavy atom. The van der Waals surface area contributed by atoms with E-state index >= 15 is 0 Å². The topological polar surface area (TPSA) is 117 Å². The molecule has 0 saturated carbocycles. The van der Waals surface area contributed by atoms with E-state index in [1.54, 1.807) is 32.9 Å². The second kappa shape index (κ2) is 18.5. The molecule has 0 bridgehead atoms. The largest absolute Gasteiger partial charge is 0.497 e. The van der Waals surface area contributed by atoms with Crippen LogP contribution in [0, 0.1) is 5.41 Å². The molecule has 3 atom stereocenters. The predicted octanol–water partition coefficient (Wildman–Crippen LogP) is 7.35.